The summed E-state index contributed by atoms with van der Waals surface area (Å²) >= 11 is 0. The molecule has 0 radical (unpaired) electrons. The zero-order valence-electron chi connectivity index (χ0n) is 9.96. The molecule has 0 unspecified atom stereocenters. The molecule has 1 aromatic rings. The van der Waals surface area contributed by atoms with E-state index in [1.54, 1.807) is 0 Å². The van der Waals surface area contributed by atoms with Gasteiger partial charge in [0.1, 0.15) is 18.0 Å². The van der Waals surface area contributed by atoms with Crippen LogP contribution in [0.5, 0.6) is 11.5 Å². The van der Waals surface area contributed by atoms with E-state index in [2.05, 4.69) is 0 Å². The predicted octanol–water partition coefficient (Wildman–Crippen LogP) is 1.03. The van der Waals surface area contributed by atoms with Crippen LogP contribution in [0.15, 0.2) is 18.2 Å². The Bertz CT molecular complexity index is 458. The van der Waals surface area contributed by atoms with Gasteiger partial charge in [0, 0.05) is 12.6 Å². The van der Waals surface area contributed by atoms with Crippen molar-refractivity contribution in [1.82, 2.24) is 4.90 Å². The van der Waals surface area contributed by atoms with Gasteiger partial charge in [-0.15, -0.1) is 0 Å². The second-order valence-electron chi connectivity index (χ2n) is 3.82. The van der Waals surface area contributed by atoms with Gasteiger partial charge < -0.3 is 20.2 Å². The highest BCUT2D eigenvalue weighted by Gasteiger charge is 2.20. The molecule has 0 fully saturated rings. The molecule has 0 saturated heterocycles. The summed E-state index contributed by atoms with van der Waals surface area (Å²) in [5, 5.41) is 27.4. The van der Waals surface area contributed by atoms with Gasteiger partial charge in [-0.05, 0) is 18.6 Å². The van der Waals surface area contributed by atoms with Crippen LogP contribution in [0.25, 0.3) is 0 Å². The third-order valence-electron chi connectivity index (χ3n) is 2.32. The van der Waals surface area contributed by atoms with Crippen LogP contribution in [0, 0.1) is 0 Å². The molecule has 0 spiro atoms. The number of rotatable bonds is 5. The van der Waals surface area contributed by atoms with E-state index in [1.165, 1.54) is 12.1 Å². The number of carboxylic acid groups (broad SMARTS) is 1. The van der Waals surface area contributed by atoms with Gasteiger partial charge in [0.05, 0.1) is 5.56 Å². The second-order valence-corrected chi connectivity index (χ2v) is 3.82. The largest absolute Gasteiger partial charge is 0.508 e. The first kappa shape index (κ1) is 13.8. The Morgan fingerprint density at radius 1 is 1.28 bits per heavy atom. The van der Waals surface area contributed by atoms with Crippen molar-refractivity contribution in [3.8, 4) is 11.5 Å². The fourth-order valence-electron chi connectivity index (χ4n) is 1.56. The minimum atomic E-state index is -1.12. The first-order valence-corrected chi connectivity index (χ1v) is 5.48. The van der Waals surface area contributed by atoms with E-state index in [1.807, 2.05) is 6.92 Å². The molecule has 0 aliphatic rings. The van der Waals surface area contributed by atoms with E-state index < -0.39 is 18.4 Å². The van der Waals surface area contributed by atoms with Gasteiger partial charge in [0.25, 0.3) is 5.91 Å². The fraction of sp³-hybridized carbons (Fsp3) is 0.333. The second kappa shape index (κ2) is 5.90. The van der Waals surface area contributed by atoms with Crippen LogP contribution in [0.1, 0.15) is 23.7 Å². The predicted molar refractivity (Wildman–Crippen MR) is 63.6 cm³/mol. The van der Waals surface area contributed by atoms with Gasteiger partial charge in [-0.25, -0.2) is 0 Å². The third-order valence-corrected chi connectivity index (χ3v) is 2.32. The van der Waals surface area contributed by atoms with Crippen LogP contribution in [0.3, 0.4) is 0 Å². The van der Waals surface area contributed by atoms with Crippen molar-refractivity contribution in [3.05, 3.63) is 23.8 Å². The molecule has 0 bridgehead atoms. The number of nitrogens with zero attached hydrogens (tertiary/aromatic N) is 1. The minimum Gasteiger partial charge on any atom is -0.508 e. The Morgan fingerprint density at radius 2 is 1.94 bits per heavy atom. The fourth-order valence-corrected chi connectivity index (χ4v) is 1.56. The molecule has 98 valence electrons. The summed E-state index contributed by atoms with van der Waals surface area (Å²) in [6, 6.07) is 3.56. The SMILES string of the molecule is CCCN(CC(=O)O)C(=O)c1ccc(O)cc1O. The number of phenols is 2. The van der Waals surface area contributed by atoms with Crippen molar-refractivity contribution in [2.24, 2.45) is 0 Å². The number of carbonyl (C=O) groups excluding carboxylic acids is 1. The molecular weight excluding hydrogens is 238 g/mol. The molecule has 0 saturated carbocycles. The number of benzene rings is 1. The van der Waals surface area contributed by atoms with E-state index in [-0.39, 0.29) is 23.6 Å². The van der Waals surface area contributed by atoms with Gasteiger partial charge >= 0.3 is 5.97 Å². The van der Waals surface area contributed by atoms with E-state index in [4.69, 9.17) is 10.2 Å². The van der Waals surface area contributed by atoms with Crippen molar-refractivity contribution >= 4 is 11.9 Å². The highest BCUT2D eigenvalue weighted by molar-refractivity contribution is 5.98. The molecule has 0 heterocycles. The highest BCUT2D eigenvalue weighted by Crippen LogP contribution is 2.23. The standard InChI is InChI=1S/C12H15NO5/c1-2-5-13(7-11(16)17)12(18)9-4-3-8(14)6-10(9)15/h3-4,6,14-15H,2,5,7H2,1H3,(H,16,17). The molecule has 6 heteroatoms. The Hall–Kier alpha value is -2.24. The minimum absolute atomic E-state index is 0.0255. The average Bonchev–Trinajstić information content (AvgIpc) is 2.27. The molecule has 18 heavy (non-hydrogen) atoms. The van der Waals surface area contributed by atoms with E-state index in [0.29, 0.717) is 6.42 Å². The molecule has 1 amide bonds. The number of carboxylic acids is 1. The summed E-state index contributed by atoms with van der Waals surface area (Å²) in [5.41, 5.74) is -0.0255. The van der Waals surface area contributed by atoms with Gasteiger partial charge in [-0.3, -0.25) is 9.59 Å². The molecule has 1 aromatic carbocycles. The zero-order valence-corrected chi connectivity index (χ0v) is 9.96. The van der Waals surface area contributed by atoms with Crippen LogP contribution < -0.4 is 0 Å². The lowest BCUT2D eigenvalue weighted by Gasteiger charge is -2.20. The number of amides is 1. The van der Waals surface area contributed by atoms with Crippen molar-refractivity contribution in [3.63, 3.8) is 0 Å². The molecule has 0 atom stereocenters. The number of hydrogen-bond acceptors (Lipinski definition) is 4. The normalized spacial score (nSPS) is 10.1. The smallest absolute Gasteiger partial charge is 0.323 e. The van der Waals surface area contributed by atoms with Gasteiger partial charge in [0.15, 0.2) is 0 Å². The molecule has 0 aromatic heterocycles. The third kappa shape index (κ3) is 3.38. The summed E-state index contributed by atoms with van der Waals surface area (Å²) in [6.07, 6.45) is 0.609. The summed E-state index contributed by atoms with van der Waals surface area (Å²) < 4.78 is 0. The molecule has 0 aliphatic carbocycles. The maximum absolute atomic E-state index is 12.0. The Labute approximate surface area is 104 Å². The van der Waals surface area contributed by atoms with E-state index >= 15 is 0 Å². The summed E-state index contributed by atoms with van der Waals surface area (Å²) in [5.74, 6) is -2.22. The van der Waals surface area contributed by atoms with Crippen LogP contribution in [-0.4, -0.2) is 45.2 Å². The average molecular weight is 253 g/mol. The van der Waals surface area contributed by atoms with Crippen molar-refractivity contribution in [1.29, 1.82) is 0 Å². The van der Waals surface area contributed by atoms with Crippen LogP contribution in [-0.2, 0) is 4.79 Å². The molecule has 6 nitrogen and oxygen atoms in total. The van der Waals surface area contributed by atoms with Crippen LogP contribution in [0.4, 0.5) is 0 Å². The van der Waals surface area contributed by atoms with E-state index in [0.717, 1.165) is 11.0 Å². The summed E-state index contributed by atoms with van der Waals surface area (Å²) in [6.45, 7) is 1.68. The van der Waals surface area contributed by atoms with Gasteiger partial charge in [-0.2, -0.15) is 0 Å². The topological polar surface area (TPSA) is 98.1 Å². The Kier molecular flexibility index (Phi) is 4.53. The van der Waals surface area contributed by atoms with Crippen LogP contribution >= 0.6 is 0 Å². The number of aromatic hydroxyl groups is 2. The lowest BCUT2D eigenvalue weighted by Crippen LogP contribution is -2.36. The maximum Gasteiger partial charge on any atom is 0.323 e. The lowest BCUT2D eigenvalue weighted by atomic mass is 10.1. The highest BCUT2D eigenvalue weighted by atomic mass is 16.4. The first-order valence-electron chi connectivity index (χ1n) is 5.48. The number of phenolic OH excluding ortho intramolecular Hbond substituents is 2. The molecular formula is C12H15NO5. The van der Waals surface area contributed by atoms with Gasteiger partial charge in [0.2, 0.25) is 0 Å². The monoisotopic (exact) mass is 253 g/mol. The summed E-state index contributed by atoms with van der Waals surface area (Å²) in [7, 11) is 0. The first-order chi connectivity index (χ1) is 8.45. The number of aliphatic carboxylic acids is 1. The molecule has 0 aliphatic heterocycles. The maximum atomic E-state index is 12.0. The van der Waals surface area contributed by atoms with Crippen molar-refractivity contribution in [2.75, 3.05) is 13.1 Å². The Morgan fingerprint density at radius 3 is 2.44 bits per heavy atom. The van der Waals surface area contributed by atoms with E-state index in [9.17, 15) is 14.7 Å². The molecule has 3 N–H and O–H groups in total. The van der Waals surface area contributed by atoms with Crippen molar-refractivity contribution in [2.45, 2.75) is 13.3 Å². The number of carbonyl (C=O) groups is 2. The summed E-state index contributed by atoms with van der Waals surface area (Å²) in [4.78, 5) is 23.8. The van der Waals surface area contributed by atoms with Gasteiger partial charge in [-0.1, -0.05) is 6.92 Å². The number of hydrogen-bond donors (Lipinski definition) is 3. The van der Waals surface area contributed by atoms with Crippen LogP contribution in [0.2, 0.25) is 0 Å². The van der Waals surface area contributed by atoms with Crippen molar-refractivity contribution < 1.29 is 24.9 Å². The quantitative estimate of drug-likeness (QED) is 0.728. The molecule has 1 rings (SSSR count). The Balaban J connectivity index is 2.97. The zero-order chi connectivity index (χ0) is 13.7. The lowest BCUT2D eigenvalue weighted by molar-refractivity contribution is -0.137.